The largest absolute Gasteiger partial charge is 0.388 e. The van der Waals surface area contributed by atoms with Crippen molar-refractivity contribution in [3.05, 3.63) is 69.4 Å². The van der Waals surface area contributed by atoms with Crippen LogP contribution < -0.4 is 0 Å². The topological polar surface area (TPSA) is 20.2 Å². The molecule has 0 amide bonds. The lowest BCUT2D eigenvalue weighted by atomic mass is 9.81. The highest BCUT2D eigenvalue weighted by atomic mass is 79.9. The fourth-order valence-corrected chi connectivity index (χ4v) is 2.90. The third-order valence-electron chi connectivity index (χ3n) is 3.54. The average molecular weight is 351 g/mol. The lowest BCUT2D eigenvalue weighted by Crippen LogP contribution is -2.17. The second kappa shape index (κ2) is 6.29. The van der Waals surface area contributed by atoms with Gasteiger partial charge in [0.2, 0.25) is 0 Å². The third kappa shape index (κ3) is 3.92. The van der Waals surface area contributed by atoms with Gasteiger partial charge in [-0.15, -0.1) is 0 Å². The van der Waals surface area contributed by atoms with Gasteiger partial charge in [-0.25, -0.2) is 4.39 Å². The van der Waals surface area contributed by atoms with E-state index in [9.17, 15) is 9.50 Å². The lowest BCUT2D eigenvalue weighted by Gasteiger charge is -2.25. The summed E-state index contributed by atoms with van der Waals surface area (Å²) in [6, 6.07) is 12.8. The zero-order valence-electron chi connectivity index (χ0n) is 12.5. The van der Waals surface area contributed by atoms with Crippen molar-refractivity contribution < 1.29 is 9.50 Å². The molecule has 1 atom stereocenters. The zero-order valence-corrected chi connectivity index (χ0v) is 14.1. The first-order valence-electron chi connectivity index (χ1n) is 7.00. The molecule has 2 aromatic rings. The molecule has 3 heteroatoms. The Bertz CT molecular complexity index is 631. The van der Waals surface area contributed by atoms with Crippen molar-refractivity contribution in [2.75, 3.05) is 0 Å². The van der Waals surface area contributed by atoms with Crippen molar-refractivity contribution in [2.45, 2.75) is 38.7 Å². The fraction of sp³-hybridized carbons (Fsp3) is 0.333. The fourth-order valence-electron chi connectivity index (χ4n) is 2.47. The molecule has 0 spiro atoms. The Hall–Kier alpha value is -1.19. The molecule has 0 bridgehead atoms. The molecule has 0 radical (unpaired) electrons. The smallest absolute Gasteiger partial charge is 0.137 e. The summed E-state index contributed by atoms with van der Waals surface area (Å²) in [5.74, 6) is -0.289. The van der Waals surface area contributed by atoms with Gasteiger partial charge in [0.05, 0.1) is 10.6 Å². The molecule has 0 saturated carbocycles. The van der Waals surface area contributed by atoms with Gasteiger partial charge in [0.15, 0.2) is 0 Å². The number of hydrogen-bond donors (Lipinski definition) is 1. The van der Waals surface area contributed by atoms with E-state index in [0.29, 0.717) is 10.9 Å². The molecule has 1 nitrogen and oxygen atoms in total. The van der Waals surface area contributed by atoms with Crippen LogP contribution in [0.2, 0.25) is 0 Å². The molecule has 2 rings (SSSR count). The van der Waals surface area contributed by atoms with Crippen LogP contribution in [0.1, 0.15) is 43.6 Å². The van der Waals surface area contributed by atoms with Gasteiger partial charge in [0.25, 0.3) is 0 Å². The van der Waals surface area contributed by atoms with Gasteiger partial charge >= 0.3 is 0 Å². The van der Waals surface area contributed by atoms with Crippen molar-refractivity contribution in [1.82, 2.24) is 0 Å². The van der Waals surface area contributed by atoms with Crippen molar-refractivity contribution in [3.63, 3.8) is 0 Å². The molecule has 1 unspecified atom stereocenters. The molecule has 0 aliphatic rings. The van der Waals surface area contributed by atoms with Gasteiger partial charge in [0.1, 0.15) is 5.82 Å². The molecule has 0 aliphatic carbocycles. The van der Waals surface area contributed by atoms with E-state index in [2.05, 4.69) is 42.8 Å². The summed E-state index contributed by atoms with van der Waals surface area (Å²) in [5, 5.41) is 10.6. The summed E-state index contributed by atoms with van der Waals surface area (Å²) >= 11 is 3.18. The number of hydrogen-bond acceptors (Lipinski definition) is 1. The van der Waals surface area contributed by atoms with E-state index >= 15 is 0 Å². The SMILES string of the molecule is CC(C)(C)c1ccccc1C(O)Cc1ccc(F)c(Br)c1. The van der Waals surface area contributed by atoms with Crippen molar-refractivity contribution >= 4 is 15.9 Å². The molecule has 0 aromatic heterocycles. The minimum atomic E-state index is -0.599. The molecule has 2 aromatic carbocycles. The van der Waals surface area contributed by atoms with Crippen LogP contribution in [-0.2, 0) is 11.8 Å². The molecule has 0 heterocycles. The van der Waals surface area contributed by atoms with Gasteiger partial charge in [-0.3, -0.25) is 0 Å². The maximum absolute atomic E-state index is 13.3. The average Bonchev–Trinajstić information content (AvgIpc) is 2.42. The number of halogens is 2. The third-order valence-corrected chi connectivity index (χ3v) is 4.15. The second-order valence-corrected chi connectivity index (χ2v) is 7.16. The molecular weight excluding hydrogens is 331 g/mol. The van der Waals surface area contributed by atoms with Gasteiger partial charge < -0.3 is 5.11 Å². The van der Waals surface area contributed by atoms with Crippen LogP contribution in [0.25, 0.3) is 0 Å². The van der Waals surface area contributed by atoms with Crippen molar-refractivity contribution in [3.8, 4) is 0 Å². The van der Waals surface area contributed by atoms with E-state index in [-0.39, 0.29) is 11.2 Å². The summed E-state index contributed by atoms with van der Waals surface area (Å²) in [5.41, 5.74) is 2.95. The second-order valence-electron chi connectivity index (χ2n) is 6.31. The maximum Gasteiger partial charge on any atom is 0.137 e. The first-order valence-corrected chi connectivity index (χ1v) is 7.80. The normalized spacial score (nSPS) is 13.2. The number of aliphatic hydroxyl groups excluding tert-OH is 1. The lowest BCUT2D eigenvalue weighted by molar-refractivity contribution is 0.176. The predicted octanol–water partition coefficient (Wildman–Crippen LogP) is 5.16. The Morgan fingerprint density at radius 2 is 1.81 bits per heavy atom. The van der Waals surface area contributed by atoms with Crippen molar-refractivity contribution in [1.29, 1.82) is 0 Å². The van der Waals surface area contributed by atoms with Crippen LogP contribution in [0.4, 0.5) is 4.39 Å². The summed E-state index contributed by atoms with van der Waals surface area (Å²) in [6.45, 7) is 6.40. The standard InChI is InChI=1S/C18H20BrFO/c1-18(2,3)14-7-5-4-6-13(14)17(21)11-12-8-9-16(20)15(19)10-12/h4-10,17,21H,11H2,1-3H3. The Labute approximate surface area is 134 Å². The minimum absolute atomic E-state index is 0.0268. The highest BCUT2D eigenvalue weighted by molar-refractivity contribution is 9.10. The summed E-state index contributed by atoms with van der Waals surface area (Å²) in [6.07, 6.45) is -0.135. The van der Waals surface area contributed by atoms with E-state index in [1.807, 2.05) is 18.2 Å². The zero-order chi connectivity index (χ0) is 15.6. The first-order chi connectivity index (χ1) is 9.79. The van der Waals surface area contributed by atoms with Crippen LogP contribution in [0.15, 0.2) is 46.9 Å². The number of benzene rings is 2. The van der Waals surface area contributed by atoms with E-state index in [1.165, 1.54) is 6.07 Å². The highest BCUT2D eigenvalue weighted by Crippen LogP contribution is 2.31. The molecular formula is C18H20BrFO. The number of aliphatic hydroxyl groups is 1. The molecule has 21 heavy (non-hydrogen) atoms. The Balaban J connectivity index is 2.28. The first kappa shape index (κ1) is 16.2. The van der Waals surface area contributed by atoms with E-state index < -0.39 is 6.10 Å². The molecule has 1 N–H and O–H groups in total. The molecule has 0 aliphatic heterocycles. The Morgan fingerprint density at radius 3 is 2.43 bits per heavy atom. The number of rotatable bonds is 3. The van der Waals surface area contributed by atoms with Crippen LogP contribution in [0, 0.1) is 5.82 Å². The quantitative estimate of drug-likeness (QED) is 0.810. The van der Waals surface area contributed by atoms with Crippen LogP contribution >= 0.6 is 15.9 Å². The molecule has 112 valence electrons. The van der Waals surface area contributed by atoms with Crippen LogP contribution in [0.5, 0.6) is 0 Å². The van der Waals surface area contributed by atoms with E-state index in [0.717, 1.165) is 16.7 Å². The van der Waals surface area contributed by atoms with E-state index in [4.69, 9.17) is 0 Å². The van der Waals surface area contributed by atoms with Crippen LogP contribution in [-0.4, -0.2) is 5.11 Å². The van der Waals surface area contributed by atoms with Gasteiger partial charge in [0, 0.05) is 6.42 Å². The summed E-state index contributed by atoms with van der Waals surface area (Å²) < 4.78 is 13.7. The Morgan fingerprint density at radius 1 is 1.14 bits per heavy atom. The summed E-state index contributed by atoms with van der Waals surface area (Å²) in [7, 11) is 0. The molecule has 0 saturated heterocycles. The minimum Gasteiger partial charge on any atom is -0.388 e. The van der Waals surface area contributed by atoms with Crippen molar-refractivity contribution in [2.24, 2.45) is 0 Å². The predicted molar refractivity (Wildman–Crippen MR) is 87.9 cm³/mol. The van der Waals surface area contributed by atoms with Gasteiger partial charge in [-0.2, -0.15) is 0 Å². The van der Waals surface area contributed by atoms with Gasteiger partial charge in [-0.05, 0) is 50.2 Å². The monoisotopic (exact) mass is 350 g/mol. The summed E-state index contributed by atoms with van der Waals surface area (Å²) in [4.78, 5) is 0. The molecule has 0 fully saturated rings. The Kier molecular flexibility index (Phi) is 4.84. The maximum atomic E-state index is 13.3. The van der Waals surface area contributed by atoms with E-state index in [1.54, 1.807) is 12.1 Å². The highest BCUT2D eigenvalue weighted by Gasteiger charge is 2.21. The van der Waals surface area contributed by atoms with Crippen LogP contribution in [0.3, 0.4) is 0 Å². The van der Waals surface area contributed by atoms with Gasteiger partial charge in [-0.1, -0.05) is 51.1 Å².